The van der Waals surface area contributed by atoms with Gasteiger partial charge in [-0.05, 0) is 43.2 Å². The molecule has 9 heteroatoms. The molecule has 0 radical (unpaired) electrons. The lowest BCUT2D eigenvalue weighted by Crippen LogP contribution is -2.23. The maximum atomic E-state index is 12.8. The van der Waals surface area contributed by atoms with Crippen LogP contribution in [-0.4, -0.2) is 38.0 Å². The van der Waals surface area contributed by atoms with E-state index >= 15 is 0 Å². The highest BCUT2D eigenvalue weighted by Gasteiger charge is 2.22. The minimum atomic E-state index is -0.428. The number of carbonyl (C=O) groups is 1. The first-order valence-corrected chi connectivity index (χ1v) is 12.0. The number of halogens is 1. The number of amides is 1. The van der Waals surface area contributed by atoms with Crippen LogP contribution >= 0.6 is 23.4 Å². The van der Waals surface area contributed by atoms with Crippen LogP contribution in [-0.2, 0) is 17.8 Å². The Labute approximate surface area is 207 Å². The highest BCUT2D eigenvalue weighted by Crippen LogP contribution is 2.32. The van der Waals surface area contributed by atoms with Gasteiger partial charge in [-0.25, -0.2) is 4.98 Å². The molecule has 0 bridgehead atoms. The maximum absolute atomic E-state index is 12.8. The Morgan fingerprint density at radius 2 is 1.85 bits per heavy atom. The number of carbonyl (C=O) groups excluding carboxylic acids is 1. The average Bonchev–Trinajstić information content (AvgIpc) is 3.26. The molecule has 0 fully saturated rings. The molecule has 2 aromatic heterocycles. The third-order valence-corrected chi connectivity index (χ3v) is 6.47. The van der Waals surface area contributed by atoms with Crippen molar-refractivity contribution in [3.63, 3.8) is 0 Å². The molecule has 1 atom stereocenters. The van der Waals surface area contributed by atoms with Crippen molar-refractivity contribution in [3.05, 3.63) is 83.5 Å². The monoisotopic (exact) mass is 493 g/mol. The largest absolute Gasteiger partial charge is 0.496 e. The smallest absolute Gasteiger partial charge is 0.238 e. The number of ether oxygens (including phenoxy) is 1. The molecule has 0 aliphatic heterocycles. The lowest BCUT2D eigenvalue weighted by molar-refractivity contribution is -0.115. The average molecular weight is 494 g/mol. The number of para-hydroxylation sites is 1. The fourth-order valence-corrected chi connectivity index (χ4v) is 4.37. The number of pyridine rings is 1. The molecule has 7 nitrogen and oxygen atoms in total. The van der Waals surface area contributed by atoms with Crippen LogP contribution in [0.15, 0.2) is 78.1 Å². The second-order valence-corrected chi connectivity index (χ2v) is 9.25. The normalized spacial score (nSPS) is 11.7. The molecule has 1 amide bonds. The van der Waals surface area contributed by atoms with Crippen LogP contribution < -0.4 is 10.1 Å². The highest BCUT2D eigenvalue weighted by atomic mass is 35.5. The molecule has 1 N–H and O–H groups in total. The fraction of sp³-hybridized carbons (Fsp3) is 0.200. The Kier molecular flexibility index (Phi) is 7.82. The topological polar surface area (TPSA) is 81.9 Å². The first-order valence-electron chi connectivity index (χ1n) is 10.7. The van der Waals surface area contributed by atoms with Crippen LogP contribution in [0.4, 0.5) is 5.82 Å². The summed E-state index contributed by atoms with van der Waals surface area (Å²) in [7, 11) is 1.64. The molecule has 0 aliphatic carbocycles. The SMILES string of the molecule is COc1ccccc1-c1nnc(S[C@H](C)C(=O)Nc2ccc(Cl)cn2)n1CCc1ccccc1. The minimum Gasteiger partial charge on any atom is -0.496 e. The van der Waals surface area contributed by atoms with E-state index in [0.29, 0.717) is 34.1 Å². The van der Waals surface area contributed by atoms with Gasteiger partial charge in [0.25, 0.3) is 0 Å². The number of thioether (sulfide) groups is 1. The third kappa shape index (κ3) is 5.76. The van der Waals surface area contributed by atoms with Gasteiger partial charge in [-0.2, -0.15) is 0 Å². The molecule has 0 saturated carbocycles. The Morgan fingerprint density at radius 3 is 2.59 bits per heavy atom. The molecule has 4 aromatic rings. The van der Waals surface area contributed by atoms with Crippen LogP contribution in [0.3, 0.4) is 0 Å². The Morgan fingerprint density at radius 1 is 1.09 bits per heavy atom. The van der Waals surface area contributed by atoms with Crippen molar-refractivity contribution in [2.75, 3.05) is 12.4 Å². The van der Waals surface area contributed by atoms with Crippen molar-refractivity contribution in [1.82, 2.24) is 19.7 Å². The van der Waals surface area contributed by atoms with E-state index < -0.39 is 5.25 Å². The van der Waals surface area contributed by atoms with Gasteiger partial charge in [-0.3, -0.25) is 4.79 Å². The van der Waals surface area contributed by atoms with E-state index in [2.05, 4.69) is 32.6 Å². The van der Waals surface area contributed by atoms with E-state index in [4.69, 9.17) is 16.3 Å². The number of methoxy groups -OCH3 is 1. The zero-order valence-electron chi connectivity index (χ0n) is 18.8. The van der Waals surface area contributed by atoms with Crippen LogP contribution in [0.25, 0.3) is 11.4 Å². The summed E-state index contributed by atoms with van der Waals surface area (Å²) >= 11 is 7.23. The third-order valence-electron chi connectivity index (χ3n) is 5.16. The molecule has 0 aliphatic rings. The van der Waals surface area contributed by atoms with Crippen LogP contribution in [0, 0.1) is 0 Å². The number of nitrogens with zero attached hydrogens (tertiary/aromatic N) is 4. The number of nitrogens with one attached hydrogen (secondary N) is 1. The molecular weight excluding hydrogens is 470 g/mol. The summed E-state index contributed by atoms with van der Waals surface area (Å²) in [5, 5.41) is 12.4. The van der Waals surface area contributed by atoms with Gasteiger partial charge in [0.15, 0.2) is 11.0 Å². The summed E-state index contributed by atoms with van der Waals surface area (Å²) in [5.41, 5.74) is 2.05. The summed E-state index contributed by atoms with van der Waals surface area (Å²) < 4.78 is 7.59. The Bertz CT molecular complexity index is 1250. The molecule has 34 heavy (non-hydrogen) atoms. The molecule has 2 aromatic carbocycles. The predicted molar refractivity (Wildman–Crippen MR) is 135 cm³/mol. The van der Waals surface area contributed by atoms with E-state index in [1.807, 2.05) is 54.0 Å². The number of aromatic nitrogens is 4. The second-order valence-electron chi connectivity index (χ2n) is 7.50. The Hall–Kier alpha value is -3.36. The quantitative estimate of drug-likeness (QED) is 0.316. The Balaban J connectivity index is 1.58. The van der Waals surface area contributed by atoms with Crippen molar-refractivity contribution in [3.8, 4) is 17.1 Å². The molecule has 0 unspecified atom stereocenters. The summed E-state index contributed by atoms with van der Waals surface area (Å²) in [4.78, 5) is 16.9. The van der Waals surface area contributed by atoms with Gasteiger partial charge in [-0.15, -0.1) is 10.2 Å². The number of hydrogen-bond donors (Lipinski definition) is 1. The molecular formula is C25H24ClN5O2S. The van der Waals surface area contributed by atoms with E-state index in [-0.39, 0.29) is 5.91 Å². The summed E-state index contributed by atoms with van der Waals surface area (Å²) in [6, 6.07) is 21.3. The lowest BCUT2D eigenvalue weighted by Gasteiger charge is -2.15. The lowest BCUT2D eigenvalue weighted by atomic mass is 10.1. The van der Waals surface area contributed by atoms with Gasteiger partial charge in [-0.1, -0.05) is 65.8 Å². The van der Waals surface area contributed by atoms with E-state index in [0.717, 1.165) is 12.0 Å². The van der Waals surface area contributed by atoms with Gasteiger partial charge in [0.2, 0.25) is 5.91 Å². The van der Waals surface area contributed by atoms with Crippen molar-refractivity contribution in [1.29, 1.82) is 0 Å². The second kappa shape index (κ2) is 11.2. The number of aryl methyl sites for hydroxylation is 1. The summed E-state index contributed by atoms with van der Waals surface area (Å²) in [5.74, 6) is 1.67. The zero-order chi connectivity index (χ0) is 23.9. The van der Waals surface area contributed by atoms with Gasteiger partial charge < -0.3 is 14.6 Å². The minimum absolute atomic E-state index is 0.184. The van der Waals surface area contributed by atoms with E-state index in [9.17, 15) is 4.79 Å². The van der Waals surface area contributed by atoms with Gasteiger partial charge in [0, 0.05) is 12.7 Å². The predicted octanol–water partition coefficient (Wildman–Crippen LogP) is 5.36. The first kappa shape index (κ1) is 23.8. The molecule has 0 spiro atoms. The van der Waals surface area contributed by atoms with Gasteiger partial charge >= 0.3 is 0 Å². The zero-order valence-corrected chi connectivity index (χ0v) is 20.4. The fourth-order valence-electron chi connectivity index (χ4n) is 3.38. The van der Waals surface area contributed by atoms with Crippen LogP contribution in [0.2, 0.25) is 5.02 Å². The maximum Gasteiger partial charge on any atom is 0.238 e. The van der Waals surface area contributed by atoms with Crippen LogP contribution in [0.5, 0.6) is 5.75 Å². The molecule has 4 rings (SSSR count). The number of hydrogen-bond acceptors (Lipinski definition) is 6. The number of rotatable bonds is 9. The summed E-state index contributed by atoms with van der Waals surface area (Å²) in [6.45, 7) is 2.48. The van der Waals surface area contributed by atoms with Crippen molar-refractivity contribution in [2.24, 2.45) is 0 Å². The van der Waals surface area contributed by atoms with Gasteiger partial charge in [0.05, 0.1) is 22.9 Å². The van der Waals surface area contributed by atoms with Crippen molar-refractivity contribution < 1.29 is 9.53 Å². The molecule has 2 heterocycles. The standard InChI is InChI=1S/C25H24ClN5O2S/c1-17(24(32)28-22-13-12-19(26)16-27-22)34-25-30-29-23(20-10-6-7-11-21(20)33-2)31(25)15-14-18-8-4-3-5-9-18/h3-13,16-17H,14-15H2,1-2H3,(H,27,28,32)/t17-/m1/s1. The van der Waals surface area contributed by atoms with Crippen molar-refractivity contribution in [2.45, 2.75) is 30.3 Å². The molecule has 174 valence electrons. The van der Waals surface area contributed by atoms with Crippen molar-refractivity contribution >= 4 is 35.1 Å². The molecule has 0 saturated heterocycles. The van der Waals surface area contributed by atoms with Crippen LogP contribution in [0.1, 0.15) is 12.5 Å². The number of anilines is 1. The first-order chi connectivity index (χ1) is 16.5. The number of benzene rings is 2. The van der Waals surface area contributed by atoms with E-state index in [1.165, 1.54) is 23.5 Å². The van der Waals surface area contributed by atoms with E-state index in [1.54, 1.807) is 19.2 Å². The highest BCUT2D eigenvalue weighted by molar-refractivity contribution is 8.00. The summed E-state index contributed by atoms with van der Waals surface area (Å²) in [6.07, 6.45) is 2.29. The van der Waals surface area contributed by atoms with Gasteiger partial charge in [0.1, 0.15) is 11.6 Å².